The number of carboxylic acids is 1. The fraction of sp³-hybridized carbons (Fsp3) is 0.312. The molecule has 0 radical (unpaired) electrons. The minimum atomic E-state index is -0.797. The number of halogens is 1. The van der Waals surface area contributed by atoms with Gasteiger partial charge in [0.1, 0.15) is 6.04 Å². The van der Waals surface area contributed by atoms with E-state index in [1.807, 2.05) is 32.0 Å². The quantitative estimate of drug-likeness (QED) is 0.796. The lowest BCUT2D eigenvalue weighted by Gasteiger charge is -2.17. The number of carboxylic acid groups (broad SMARTS) is 1. The van der Waals surface area contributed by atoms with Crippen LogP contribution in [0.3, 0.4) is 0 Å². The molecule has 1 aromatic heterocycles. The van der Waals surface area contributed by atoms with Crippen LogP contribution in [0.2, 0.25) is 0 Å². The van der Waals surface area contributed by atoms with E-state index in [0.717, 1.165) is 9.35 Å². The number of carbonyl (C=O) groups is 1. The van der Waals surface area contributed by atoms with E-state index in [9.17, 15) is 4.79 Å². The van der Waals surface area contributed by atoms with E-state index in [2.05, 4.69) is 39.4 Å². The molecule has 21 heavy (non-hydrogen) atoms. The van der Waals surface area contributed by atoms with Crippen molar-refractivity contribution in [1.82, 2.24) is 5.32 Å². The second-order valence-electron chi connectivity index (χ2n) is 5.21. The Balaban J connectivity index is 2.03. The van der Waals surface area contributed by atoms with Gasteiger partial charge < -0.3 is 5.11 Å². The smallest absolute Gasteiger partial charge is 0.320 e. The monoisotopic (exact) mass is 367 g/mol. The van der Waals surface area contributed by atoms with Gasteiger partial charge in [-0.25, -0.2) is 0 Å². The van der Waals surface area contributed by atoms with Gasteiger partial charge in [-0.3, -0.25) is 10.1 Å². The van der Waals surface area contributed by atoms with Gasteiger partial charge >= 0.3 is 5.97 Å². The average Bonchev–Trinajstić information content (AvgIpc) is 2.87. The van der Waals surface area contributed by atoms with Crippen LogP contribution in [-0.2, 0) is 11.3 Å². The Morgan fingerprint density at radius 3 is 2.48 bits per heavy atom. The molecule has 0 spiro atoms. The van der Waals surface area contributed by atoms with Crippen molar-refractivity contribution in [3.63, 3.8) is 0 Å². The topological polar surface area (TPSA) is 49.3 Å². The summed E-state index contributed by atoms with van der Waals surface area (Å²) in [6, 6.07) is 11.8. The van der Waals surface area contributed by atoms with Crippen molar-refractivity contribution in [3.8, 4) is 10.4 Å². The van der Waals surface area contributed by atoms with Gasteiger partial charge in [-0.1, -0.05) is 41.9 Å². The van der Waals surface area contributed by atoms with Crippen LogP contribution < -0.4 is 5.32 Å². The zero-order chi connectivity index (χ0) is 15.4. The maximum Gasteiger partial charge on any atom is 0.320 e. The molecule has 0 fully saturated rings. The predicted octanol–water partition coefficient (Wildman–Crippen LogP) is 4.38. The lowest BCUT2D eigenvalue weighted by atomic mass is 10.1. The van der Waals surface area contributed by atoms with Crippen molar-refractivity contribution in [3.05, 3.63) is 45.7 Å². The first-order valence-corrected chi connectivity index (χ1v) is 8.39. The predicted molar refractivity (Wildman–Crippen MR) is 90.6 cm³/mol. The van der Waals surface area contributed by atoms with E-state index in [-0.39, 0.29) is 5.92 Å². The third-order valence-corrected chi connectivity index (χ3v) is 4.88. The molecule has 2 aromatic rings. The number of hydrogen-bond acceptors (Lipinski definition) is 3. The van der Waals surface area contributed by atoms with Crippen LogP contribution in [0, 0.1) is 5.92 Å². The van der Waals surface area contributed by atoms with Gasteiger partial charge in [0.15, 0.2) is 0 Å². The zero-order valence-corrected chi connectivity index (χ0v) is 14.4. The summed E-state index contributed by atoms with van der Waals surface area (Å²) in [7, 11) is 0. The zero-order valence-electron chi connectivity index (χ0n) is 12.0. The SMILES string of the molecule is CC(C)[C@H](NCc1ccc(-c2ccc(Br)cc2)s1)C(=O)O. The molecule has 1 aromatic carbocycles. The molecule has 2 N–H and O–H groups in total. The summed E-state index contributed by atoms with van der Waals surface area (Å²) in [4.78, 5) is 13.5. The molecule has 1 atom stereocenters. The molecule has 0 saturated heterocycles. The number of benzene rings is 1. The highest BCUT2D eigenvalue weighted by molar-refractivity contribution is 9.10. The highest BCUT2D eigenvalue weighted by Crippen LogP contribution is 2.29. The molecule has 112 valence electrons. The second-order valence-corrected chi connectivity index (χ2v) is 7.30. The molecular formula is C16H18BrNO2S. The van der Waals surface area contributed by atoms with Crippen LogP contribution in [0.15, 0.2) is 40.9 Å². The maximum absolute atomic E-state index is 11.2. The number of aliphatic carboxylic acids is 1. The summed E-state index contributed by atoms with van der Waals surface area (Å²) >= 11 is 5.12. The molecule has 0 aliphatic carbocycles. The molecule has 0 aliphatic heterocycles. The number of thiophene rings is 1. The van der Waals surface area contributed by atoms with E-state index >= 15 is 0 Å². The third kappa shape index (κ3) is 4.40. The van der Waals surface area contributed by atoms with Crippen molar-refractivity contribution in [2.24, 2.45) is 5.92 Å². The Hall–Kier alpha value is -1.17. The Bertz CT molecular complexity index is 607. The molecule has 0 bridgehead atoms. The molecule has 0 amide bonds. The maximum atomic E-state index is 11.2. The normalized spacial score (nSPS) is 12.6. The van der Waals surface area contributed by atoms with Crippen LogP contribution in [-0.4, -0.2) is 17.1 Å². The summed E-state index contributed by atoms with van der Waals surface area (Å²) < 4.78 is 1.06. The van der Waals surface area contributed by atoms with E-state index in [0.29, 0.717) is 6.54 Å². The van der Waals surface area contributed by atoms with Gasteiger partial charge in [0, 0.05) is 20.8 Å². The largest absolute Gasteiger partial charge is 0.480 e. The Kier molecular flexibility index (Phi) is 5.56. The highest BCUT2D eigenvalue weighted by atomic mass is 79.9. The molecule has 0 saturated carbocycles. The summed E-state index contributed by atoms with van der Waals surface area (Å²) in [5.74, 6) is -0.733. The fourth-order valence-corrected chi connectivity index (χ4v) is 3.29. The third-order valence-electron chi connectivity index (χ3n) is 3.22. The van der Waals surface area contributed by atoms with Crippen LogP contribution in [0.4, 0.5) is 0 Å². The summed E-state index contributed by atoms with van der Waals surface area (Å²) in [5.41, 5.74) is 1.17. The summed E-state index contributed by atoms with van der Waals surface area (Å²) in [5, 5.41) is 12.3. The van der Waals surface area contributed by atoms with Crippen LogP contribution >= 0.6 is 27.3 Å². The first-order valence-electron chi connectivity index (χ1n) is 6.78. The molecule has 1 heterocycles. The second kappa shape index (κ2) is 7.20. The van der Waals surface area contributed by atoms with Crippen molar-refractivity contribution in [1.29, 1.82) is 0 Å². The molecular weight excluding hydrogens is 350 g/mol. The van der Waals surface area contributed by atoms with Crippen molar-refractivity contribution in [2.45, 2.75) is 26.4 Å². The van der Waals surface area contributed by atoms with Gasteiger partial charge in [-0.15, -0.1) is 11.3 Å². The van der Waals surface area contributed by atoms with E-state index in [1.54, 1.807) is 11.3 Å². The fourth-order valence-electron chi connectivity index (χ4n) is 2.06. The number of nitrogens with one attached hydrogen (secondary N) is 1. The molecule has 2 rings (SSSR count). The van der Waals surface area contributed by atoms with Crippen molar-refractivity contribution in [2.75, 3.05) is 0 Å². The summed E-state index contributed by atoms with van der Waals surface area (Å²) in [6.07, 6.45) is 0. The molecule has 0 unspecified atom stereocenters. The van der Waals surface area contributed by atoms with E-state index < -0.39 is 12.0 Å². The Morgan fingerprint density at radius 1 is 1.24 bits per heavy atom. The molecule has 5 heteroatoms. The lowest BCUT2D eigenvalue weighted by molar-refractivity contribution is -0.140. The standard InChI is InChI=1S/C16H18BrNO2S/c1-10(2)15(16(19)20)18-9-13-7-8-14(21-13)11-3-5-12(17)6-4-11/h3-8,10,15,18H,9H2,1-2H3,(H,19,20)/t15-/m0/s1. The number of rotatable bonds is 6. The Labute approximate surface area is 137 Å². The van der Waals surface area contributed by atoms with Gasteiger partial charge in [0.2, 0.25) is 0 Å². The van der Waals surface area contributed by atoms with E-state index in [1.165, 1.54) is 10.4 Å². The van der Waals surface area contributed by atoms with Gasteiger partial charge in [0.25, 0.3) is 0 Å². The average molecular weight is 368 g/mol. The van der Waals surface area contributed by atoms with E-state index in [4.69, 9.17) is 5.11 Å². The first kappa shape index (κ1) is 16.2. The van der Waals surface area contributed by atoms with Gasteiger partial charge in [-0.2, -0.15) is 0 Å². The minimum Gasteiger partial charge on any atom is -0.480 e. The highest BCUT2D eigenvalue weighted by Gasteiger charge is 2.20. The van der Waals surface area contributed by atoms with Crippen LogP contribution in [0.1, 0.15) is 18.7 Å². The minimum absolute atomic E-state index is 0.0633. The van der Waals surface area contributed by atoms with Gasteiger partial charge in [0.05, 0.1) is 0 Å². The first-order chi connectivity index (χ1) is 9.97. The van der Waals surface area contributed by atoms with Gasteiger partial charge in [-0.05, 0) is 35.7 Å². The van der Waals surface area contributed by atoms with Crippen molar-refractivity contribution < 1.29 is 9.90 Å². The number of hydrogen-bond donors (Lipinski definition) is 2. The van der Waals surface area contributed by atoms with Crippen LogP contribution in [0.25, 0.3) is 10.4 Å². The lowest BCUT2D eigenvalue weighted by Crippen LogP contribution is -2.40. The molecule has 3 nitrogen and oxygen atoms in total. The van der Waals surface area contributed by atoms with Crippen LogP contribution in [0.5, 0.6) is 0 Å². The van der Waals surface area contributed by atoms with Crippen molar-refractivity contribution >= 4 is 33.2 Å². The molecule has 0 aliphatic rings. The summed E-state index contributed by atoms with van der Waals surface area (Å²) in [6.45, 7) is 4.40. The Morgan fingerprint density at radius 2 is 1.90 bits per heavy atom.